The van der Waals surface area contributed by atoms with Crippen molar-refractivity contribution in [2.45, 2.75) is 0 Å². The van der Waals surface area contributed by atoms with Gasteiger partial charge in [0.15, 0.2) is 0 Å². The van der Waals surface area contributed by atoms with Crippen molar-refractivity contribution < 1.29 is 0 Å². The fraction of sp³-hybridized carbons (Fsp3) is 0. The largest absolute Gasteiger partial charge is 0.0622 e. The fourth-order valence-corrected chi connectivity index (χ4v) is 6.52. The average Bonchev–Trinajstić information content (AvgIpc) is 3.07. The van der Waals surface area contributed by atoms with Crippen molar-refractivity contribution in [1.29, 1.82) is 0 Å². The van der Waals surface area contributed by atoms with Crippen LogP contribution >= 0.6 is 0 Å². The second-order valence-electron chi connectivity index (χ2n) is 10.9. The molecule has 0 bridgehead atoms. The van der Waals surface area contributed by atoms with E-state index in [1.165, 1.54) is 76.8 Å². The predicted molar refractivity (Wildman–Crippen MR) is 181 cm³/mol. The van der Waals surface area contributed by atoms with Crippen LogP contribution in [-0.4, -0.2) is 0 Å². The van der Waals surface area contributed by atoms with Crippen LogP contribution in [0.3, 0.4) is 0 Å². The molecule has 0 N–H and O–H groups in total. The van der Waals surface area contributed by atoms with Gasteiger partial charge >= 0.3 is 0 Å². The molecule has 0 aliphatic heterocycles. The Morgan fingerprint density at radius 2 is 0.738 bits per heavy atom. The SMILES string of the molecule is c1ccc(-c2ccc3c(-c4ccc5c(-c6ccccc6)c6ccccc6c(-c6ccccc6)c5c4)cccc3c2)cc1. The van der Waals surface area contributed by atoms with Crippen molar-refractivity contribution in [3.05, 3.63) is 170 Å². The van der Waals surface area contributed by atoms with E-state index >= 15 is 0 Å². The first-order valence-electron chi connectivity index (χ1n) is 14.5. The molecule has 0 aliphatic rings. The summed E-state index contributed by atoms with van der Waals surface area (Å²) in [5.74, 6) is 0. The van der Waals surface area contributed by atoms with Gasteiger partial charge in [-0.25, -0.2) is 0 Å². The maximum atomic E-state index is 2.41. The summed E-state index contributed by atoms with van der Waals surface area (Å²) in [6.45, 7) is 0. The minimum atomic E-state index is 1.23. The van der Waals surface area contributed by atoms with Gasteiger partial charge in [0.1, 0.15) is 0 Å². The Morgan fingerprint density at radius 3 is 1.38 bits per heavy atom. The molecule has 0 radical (unpaired) electrons. The zero-order valence-corrected chi connectivity index (χ0v) is 23.2. The van der Waals surface area contributed by atoms with Crippen LogP contribution < -0.4 is 0 Å². The normalized spacial score (nSPS) is 11.3. The number of benzene rings is 8. The first kappa shape index (κ1) is 24.3. The summed E-state index contributed by atoms with van der Waals surface area (Å²) in [7, 11) is 0. The Hall–Kier alpha value is -5.46. The van der Waals surface area contributed by atoms with Gasteiger partial charge in [-0.3, -0.25) is 0 Å². The van der Waals surface area contributed by atoms with E-state index < -0.39 is 0 Å². The molecule has 0 atom stereocenters. The zero-order valence-electron chi connectivity index (χ0n) is 23.2. The molecule has 0 saturated heterocycles. The van der Waals surface area contributed by atoms with Gasteiger partial charge in [0.25, 0.3) is 0 Å². The number of hydrogen-bond acceptors (Lipinski definition) is 0. The van der Waals surface area contributed by atoms with Crippen LogP contribution in [0.2, 0.25) is 0 Å². The van der Waals surface area contributed by atoms with Crippen LogP contribution in [0, 0.1) is 0 Å². The second kappa shape index (κ2) is 10.2. The highest BCUT2D eigenvalue weighted by molar-refractivity contribution is 6.22. The summed E-state index contributed by atoms with van der Waals surface area (Å²) in [6, 6.07) is 61.7. The van der Waals surface area contributed by atoms with Crippen LogP contribution in [0.5, 0.6) is 0 Å². The molecule has 0 aliphatic carbocycles. The summed E-state index contributed by atoms with van der Waals surface area (Å²) >= 11 is 0. The lowest BCUT2D eigenvalue weighted by Gasteiger charge is -2.19. The Balaban J connectivity index is 1.42. The van der Waals surface area contributed by atoms with E-state index in [0.717, 1.165) is 0 Å². The van der Waals surface area contributed by atoms with Crippen LogP contribution in [0.4, 0.5) is 0 Å². The molecule has 0 nitrogen and oxygen atoms in total. The summed E-state index contributed by atoms with van der Waals surface area (Å²) in [5, 5.41) is 7.62. The smallest absolute Gasteiger partial charge is 0.00262 e. The maximum absolute atomic E-state index is 2.41. The highest BCUT2D eigenvalue weighted by Crippen LogP contribution is 2.45. The third-order valence-electron chi connectivity index (χ3n) is 8.45. The third kappa shape index (κ3) is 4.08. The Labute approximate surface area is 246 Å². The van der Waals surface area contributed by atoms with E-state index in [-0.39, 0.29) is 0 Å². The second-order valence-corrected chi connectivity index (χ2v) is 10.9. The lowest BCUT2D eigenvalue weighted by atomic mass is 9.84. The number of hydrogen-bond donors (Lipinski definition) is 0. The monoisotopic (exact) mass is 532 g/mol. The van der Waals surface area contributed by atoms with Gasteiger partial charge in [0.2, 0.25) is 0 Å². The number of fused-ring (bicyclic) bond motifs is 3. The van der Waals surface area contributed by atoms with Gasteiger partial charge < -0.3 is 0 Å². The van der Waals surface area contributed by atoms with Crippen molar-refractivity contribution in [3.8, 4) is 44.5 Å². The van der Waals surface area contributed by atoms with E-state index in [4.69, 9.17) is 0 Å². The van der Waals surface area contributed by atoms with Crippen molar-refractivity contribution in [3.63, 3.8) is 0 Å². The minimum Gasteiger partial charge on any atom is -0.0622 e. The number of rotatable bonds is 4. The summed E-state index contributed by atoms with van der Waals surface area (Å²) in [6.07, 6.45) is 0. The molecule has 8 aromatic rings. The minimum absolute atomic E-state index is 1.23. The van der Waals surface area contributed by atoms with Crippen LogP contribution in [0.15, 0.2) is 170 Å². The van der Waals surface area contributed by atoms with E-state index in [2.05, 4.69) is 170 Å². The standard InChI is InChI=1S/C42H28/c1-4-13-29(14-5-1)32-23-25-36-33(27-32)19-12-22-35(36)34-24-26-39-40(28-34)42(31-17-8-3-9-18-31)38-21-11-10-20-37(38)41(39)30-15-6-2-7-16-30/h1-28H. The van der Waals surface area contributed by atoms with E-state index in [9.17, 15) is 0 Å². The molecule has 0 heteroatoms. The average molecular weight is 533 g/mol. The van der Waals surface area contributed by atoms with Crippen molar-refractivity contribution in [2.24, 2.45) is 0 Å². The summed E-state index contributed by atoms with van der Waals surface area (Å²) < 4.78 is 0. The lowest BCUT2D eigenvalue weighted by molar-refractivity contribution is 1.63. The van der Waals surface area contributed by atoms with Gasteiger partial charge in [-0.1, -0.05) is 158 Å². The molecule has 0 heterocycles. The fourth-order valence-electron chi connectivity index (χ4n) is 6.52. The van der Waals surface area contributed by atoms with Crippen LogP contribution in [-0.2, 0) is 0 Å². The third-order valence-corrected chi connectivity index (χ3v) is 8.45. The van der Waals surface area contributed by atoms with Gasteiger partial charge in [0, 0.05) is 0 Å². The predicted octanol–water partition coefficient (Wildman–Crippen LogP) is 11.8. The molecular formula is C42H28. The van der Waals surface area contributed by atoms with Gasteiger partial charge in [-0.15, -0.1) is 0 Å². The summed E-state index contributed by atoms with van der Waals surface area (Å²) in [4.78, 5) is 0. The Kier molecular flexibility index (Phi) is 5.90. The molecule has 196 valence electrons. The van der Waals surface area contributed by atoms with Gasteiger partial charge in [0.05, 0.1) is 0 Å². The Morgan fingerprint density at radius 1 is 0.238 bits per heavy atom. The Bertz CT molecular complexity index is 2210. The molecule has 8 aromatic carbocycles. The molecular weight excluding hydrogens is 504 g/mol. The molecule has 42 heavy (non-hydrogen) atoms. The van der Waals surface area contributed by atoms with Crippen molar-refractivity contribution in [2.75, 3.05) is 0 Å². The van der Waals surface area contributed by atoms with Crippen LogP contribution in [0.25, 0.3) is 76.8 Å². The van der Waals surface area contributed by atoms with Crippen LogP contribution in [0.1, 0.15) is 0 Å². The maximum Gasteiger partial charge on any atom is -0.00262 e. The van der Waals surface area contributed by atoms with Gasteiger partial charge in [-0.2, -0.15) is 0 Å². The van der Waals surface area contributed by atoms with E-state index in [1.54, 1.807) is 0 Å². The van der Waals surface area contributed by atoms with Crippen molar-refractivity contribution >= 4 is 32.3 Å². The zero-order chi connectivity index (χ0) is 27.9. The van der Waals surface area contributed by atoms with Crippen molar-refractivity contribution in [1.82, 2.24) is 0 Å². The molecule has 0 spiro atoms. The van der Waals surface area contributed by atoms with E-state index in [1.807, 2.05) is 0 Å². The molecule has 0 fully saturated rings. The quantitative estimate of drug-likeness (QED) is 0.198. The molecule has 8 rings (SSSR count). The lowest BCUT2D eigenvalue weighted by Crippen LogP contribution is -1.92. The first-order valence-corrected chi connectivity index (χ1v) is 14.5. The highest BCUT2D eigenvalue weighted by Gasteiger charge is 2.17. The molecule has 0 aromatic heterocycles. The molecule has 0 unspecified atom stereocenters. The van der Waals surface area contributed by atoms with E-state index in [0.29, 0.717) is 0 Å². The highest BCUT2D eigenvalue weighted by atomic mass is 14.2. The molecule has 0 saturated carbocycles. The first-order chi connectivity index (χ1) is 20.8. The topological polar surface area (TPSA) is 0 Å². The van der Waals surface area contributed by atoms with Gasteiger partial charge in [-0.05, 0) is 89.0 Å². The summed E-state index contributed by atoms with van der Waals surface area (Å²) in [5.41, 5.74) is 10.0. The molecule has 0 amide bonds.